The van der Waals surface area contributed by atoms with Crippen molar-refractivity contribution in [3.05, 3.63) is 59.2 Å². The number of hydrogen-bond acceptors (Lipinski definition) is 1. The van der Waals surface area contributed by atoms with Crippen molar-refractivity contribution >= 4 is 17.6 Å². The van der Waals surface area contributed by atoms with Gasteiger partial charge in [-0.05, 0) is 35.6 Å². The van der Waals surface area contributed by atoms with Gasteiger partial charge >= 0.3 is 0 Å². The highest BCUT2D eigenvalue weighted by atomic mass is 32.1. The lowest BCUT2D eigenvalue weighted by molar-refractivity contribution is 1.13. The summed E-state index contributed by atoms with van der Waals surface area (Å²) in [6, 6.07) is 14.9. The Morgan fingerprint density at radius 3 is 2.53 bits per heavy atom. The standard InChI is InChI=1S/C16H16S/c1-3-13-10-12(2)8-9-16(13)15-7-5-4-6-14(15)11-17/h4-11H,3H2,1-2H3. The van der Waals surface area contributed by atoms with E-state index in [1.165, 1.54) is 22.3 Å². The van der Waals surface area contributed by atoms with Gasteiger partial charge in [0.05, 0.1) is 0 Å². The molecule has 0 N–H and O–H groups in total. The Kier molecular flexibility index (Phi) is 3.70. The van der Waals surface area contributed by atoms with Crippen LogP contribution in [-0.4, -0.2) is 5.37 Å². The van der Waals surface area contributed by atoms with Crippen LogP contribution in [0, 0.1) is 6.92 Å². The molecule has 0 nitrogen and oxygen atoms in total. The highest BCUT2D eigenvalue weighted by molar-refractivity contribution is 7.79. The van der Waals surface area contributed by atoms with Gasteiger partial charge in [-0.1, -0.05) is 67.2 Å². The van der Waals surface area contributed by atoms with Gasteiger partial charge in [0.15, 0.2) is 0 Å². The second kappa shape index (κ2) is 5.24. The van der Waals surface area contributed by atoms with Crippen molar-refractivity contribution in [1.29, 1.82) is 0 Å². The maximum Gasteiger partial charge on any atom is 0.00923 e. The molecule has 0 radical (unpaired) electrons. The SMILES string of the molecule is CCc1cc(C)ccc1-c1ccccc1C=S. The van der Waals surface area contributed by atoms with Crippen molar-refractivity contribution in [3.63, 3.8) is 0 Å². The lowest BCUT2D eigenvalue weighted by Crippen LogP contribution is -1.92. The maximum atomic E-state index is 5.09. The molecule has 0 heterocycles. The zero-order valence-electron chi connectivity index (χ0n) is 10.2. The third kappa shape index (κ3) is 2.45. The van der Waals surface area contributed by atoms with Crippen molar-refractivity contribution in [3.8, 4) is 11.1 Å². The first kappa shape index (κ1) is 12.0. The van der Waals surface area contributed by atoms with E-state index in [-0.39, 0.29) is 0 Å². The largest absolute Gasteiger partial charge is 0.0881 e. The Balaban J connectivity index is 2.63. The van der Waals surface area contributed by atoms with E-state index in [4.69, 9.17) is 12.2 Å². The summed E-state index contributed by atoms with van der Waals surface area (Å²) in [6.07, 6.45) is 1.04. The smallest absolute Gasteiger partial charge is 0.00923 e. The molecule has 0 amide bonds. The van der Waals surface area contributed by atoms with Crippen molar-refractivity contribution in [1.82, 2.24) is 0 Å². The summed E-state index contributed by atoms with van der Waals surface area (Å²) in [6.45, 7) is 4.33. The fourth-order valence-electron chi connectivity index (χ4n) is 2.12. The molecule has 1 heteroatoms. The van der Waals surface area contributed by atoms with Crippen molar-refractivity contribution in [2.24, 2.45) is 0 Å². The van der Waals surface area contributed by atoms with Crippen LogP contribution in [0.15, 0.2) is 42.5 Å². The monoisotopic (exact) mass is 240 g/mol. The van der Waals surface area contributed by atoms with E-state index in [1.54, 1.807) is 5.37 Å². The van der Waals surface area contributed by atoms with Crippen LogP contribution in [0.2, 0.25) is 0 Å². The summed E-state index contributed by atoms with van der Waals surface area (Å²) in [5, 5.41) is 1.76. The van der Waals surface area contributed by atoms with Gasteiger partial charge in [-0.15, -0.1) is 0 Å². The summed E-state index contributed by atoms with van der Waals surface area (Å²) in [5.41, 5.74) is 6.36. The number of rotatable bonds is 3. The molecule has 17 heavy (non-hydrogen) atoms. The molecule has 0 aliphatic carbocycles. The fraction of sp³-hybridized carbons (Fsp3) is 0.188. The topological polar surface area (TPSA) is 0 Å². The van der Waals surface area contributed by atoms with Gasteiger partial charge in [-0.25, -0.2) is 0 Å². The van der Waals surface area contributed by atoms with Crippen LogP contribution < -0.4 is 0 Å². The first-order valence-electron chi connectivity index (χ1n) is 5.90. The zero-order chi connectivity index (χ0) is 12.3. The van der Waals surface area contributed by atoms with Gasteiger partial charge in [0.25, 0.3) is 0 Å². The minimum absolute atomic E-state index is 1.04. The van der Waals surface area contributed by atoms with Crippen LogP contribution in [0.4, 0.5) is 0 Å². The summed E-state index contributed by atoms with van der Waals surface area (Å²) in [5.74, 6) is 0. The van der Waals surface area contributed by atoms with Crippen LogP contribution in [-0.2, 0) is 6.42 Å². The molecule has 86 valence electrons. The second-order valence-corrected chi connectivity index (χ2v) is 4.45. The first-order chi connectivity index (χ1) is 8.26. The van der Waals surface area contributed by atoms with E-state index in [1.807, 2.05) is 6.07 Å². The second-order valence-electron chi connectivity index (χ2n) is 4.22. The predicted octanol–water partition coefficient (Wildman–Crippen LogP) is 4.57. The van der Waals surface area contributed by atoms with Crippen LogP contribution in [0.3, 0.4) is 0 Å². The molecule has 0 fully saturated rings. The highest BCUT2D eigenvalue weighted by Crippen LogP contribution is 2.27. The highest BCUT2D eigenvalue weighted by Gasteiger charge is 2.06. The van der Waals surface area contributed by atoms with Crippen LogP contribution in [0.25, 0.3) is 11.1 Å². The molecular weight excluding hydrogens is 224 g/mol. The van der Waals surface area contributed by atoms with Gasteiger partial charge in [-0.2, -0.15) is 0 Å². The summed E-state index contributed by atoms with van der Waals surface area (Å²) in [4.78, 5) is 0. The Bertz CT molecular complexity index is 541. The van der Waals surface area contributed by atoms with E-state index in [0.717, 1.165) is 12.0 Å². The average molecular weight is 240 g/mol. The molecule has 2 aromatic carbocycles. The maximum absolute atomic E-state index is 5.09. The fourth-order valence-corrected chi connectivity index (χ4v) is 2.33. The quantitative estimate of drug-likeness (QED) is 0.708. The van der Waals surface area contributed by atoms with E-state index >= 15 is 0 Å². The molecule has 0 saturated carbocycles. The predicted molar refractivity (Wildman–Crippen MR) is 78.8 cm³/mol. The summed E-state index contributed by atoms with van der Waals surface area (Å²) < 4.78 is 0. The lowest BCUT2D eigenvalue weighted by Gasteiger charge is -2.11. The van der Waals surface area contributed by atoms with E-state index < -0.39 is 0 Å². The lowest BCUT2D eigenvalue weighted by atomic mass is 9.93. The molecule has 0 atom stereocenters. The molecule has 0 aliphatic rings. The number of aryl methyl sites for hydroxylation is 2. The normalized spacial score (nSPS) is 10.2. The van der Waals surface area contributed by atoms with Gasteiger partial charge in [0.2, 0.25) is 0 Å². The number of hydrogen-bond donors (Lipinski definition) is 0. The Labute approximate surface area is 108 Å². The van der Waals surface area contributed by atoms with E-state index in [0.29, 0.717) is 0 Å². The minimum Gasteiger partial charge on any atom is -0.0881 e. The molecule has 0 bridgehead atoms. The van der Waals surface area contributed by atoms with E-state index in [9.17, 15) is 0 Å². The molecule has 0 spiro atoms. The molecule has 0 aromatic heterocycles. The average Bonchev–Trinajstić information content (AvgIpc) is 2.38. The van der Waals surface area contributed by atoms with Crippen LogP contribution >= 0.6 is 12.2 Å². The summed E-state index contributed by atoms with van der Waals surface area (Å²) >= 11 is 5.09. The minimum atomic E-state index is 1.04. The van der Waals surface area contributed by atoms with Gasteiger partial charge in [0, 0.05) is 5.37 Å². The summed E-state index contributed by atoms with van der Waals surface area (Å²) in [7, 11) is 0. The van der Waals surface area contributed by atoms with Crippen molar-refractivity contribution in [2.75, 3.05) is 0 Å². The first-order valence-corrected chi connectivity index (χ1v) is 6.37. The molecule has 2 rings (SSSR count). The zero-order valence-corrected chi connectivity index (χ0v) is 11.1. The van der Waals surface area contributed by atoms with Crippen molar-refractivity contribution in [2.45, 2.75) is 20.3 Å². The van der Waals surface area contributed by atoms with E-state index in [2.05, 4.69) is 50.2 Å². The molecule has 0 saturated heterocycles. The molecule has 0 aliphatic heterocycles. The van der Waals surface area contributed by atoms with Crippen LogP contribution in [0.5, 0.6) is 0 Å². The molecule has 2 aromatic rings. The van der Waals surface area contributed by atoms with Crippen molar-refractivity contribution < 1.29 is 0 Å². The van der Waals surface area contributed by atoms with Gasteiger partial charge in [0.1, 0.15) is 0 Å². The number of benzene rings is 2. The van der Waals surface area contributed by atoms with Gasteiger partial charge in [-0.3, -0.25) is 0 Å². The molecular formula is C16H16S. The third-order valence-electron chi connectivity index (χ3n) is 3.02. The van der Waals surface area contributed by atoms with Gasteiger partial charge < -0.3 is 0 Å². The Hall–Kier alpha value is -1.47. The van der Waals surface area contributed by atoms with Crippen LogP contribution in [0.1, 0.15) is 23.6 Å². The Morgan fingerprint density at radius 2 is 1.82 bits per heavy atom. The molecule has 0 unspecified atom stereocenters. The third-order valence-corrected chi connectivity index (χ3v) is 3.27. The Morgan fingerprint density at radius 1 is 1.06 bits per heavy atom. The number of thiocarbonyl (C=S) groups is 1.